The summed E-state index contributed by atoms with van der Waals surface area (Å²) in [6, 6.07) is 3.03. The summed E-state index contributed by atoms with van der Waals surface area (Å²) in [6.07, 6.45) is 2.97. The highest BCUT2D eigenvalue weighted by atomic mass is 16.4. The highest BCUT2D eigenvalue weighted by molar-refractivity contribution is 5.95. The van der Waals surface area contributed by atoms with Crippen molar-refractivity contribution in [3.63, 3.8) is 0 Å². The average Bonchev–Trinajstić information content (AvgIpc) is 2.49. The fourth-order valence-corrected chi connectivity index (χ4v) is 1.19. The number of imidazole rings is 1. The van der Waals surface area contributed by atoms with Gasteiger partial charge in [-0.15, -0.1) is 0 Å². The summed E-state index contributed by atoms with van der Waals surface area (Å²) in [5, 5.41) is 18.1. The normalized spacial score (nSPS) is 10.5. The predicted octanol–water partition coefficient (Wildman–Crippen LogP) is 0.738. The number of aromatic carboxylic acids is 1. The maximum atomic E-state index is 10.6. The number of carboxylic acids is 1. The van der Waals surface area contributed by atoms with E-state index in [-0.39, 0.29) is 17.0 Å². The fourth-order valence-electron chi connectivity index (χ4n) is 1.19. The molecule has 0 unspecified atom stereocenters. The van der Waals surface area contributed by atoms with Crippen LogP contribution in [0.2, 0.25) is 0 Å². The first kappa shape index (κ1) is 7.60. The van der Waals surface area contributed by atoms with Gasteiger partial charge in [0.05, 0.1) is 0 Å². The van der Waals surface area contributed by atoms with Crippen LogP contribution in [0, 0.1) is 0 Å². The summed E-state index contributed by atoms with van der Waals surface area (Å²) in [7, 11) is 0. The van der Waals surface area contributed by atoms with Crippen LogP contribution in [-0.4, -0.2) is 25.6 Å². The molecule has 0 radical (unpaired) electrons. The molecule has 0 aliphatic carbocycles. The minimum Gasteiger partial charge on any atom is -0.506 e. The zero-order chi connectivity index (χ0) is 9.42. The van der Waals surface area contributed by atoms with E-state index >= 15 is 0 Å². The molecule has 0 atom stereocenters. The molecule has 2 aromatic heterocycles. The third-order valence-electron chi connectivity index (χ3n) is 1.74. The quantitative estimate of drug-likeness (QED) is 0.675. The Morgan fingerprint density at radius 1 is 1.54 bits per heavy atom. The van der Waals surface area contributed by atoms with Crippen molar-refractivity contribution >= 4 is 11.5 Å². The van der Waals surface area contributed by atoms with E-state index in [4.69, 9.17) is 5.11 Å². The fraction of sp³-hybridized carbons (Fsp3) is 0. The van der Waals surface area contributed by atoms with Gasteiger partial charge in [-0.3, -0.25) is 0 Å². The molecule has 0 aromatic carbocycles. The van der Waals surface area contributed by atoms with Gasteiger partial charge in [0.25, 0.3) is 0 Å². The topological polar surface area (TPSA) is 74.8 Å². The number of fused-ring (bicyclic) bond motifs is 1. The number of nitrogens with zero attached hydrogens (tertiary/aromatic N) is 2. The number of hydrogen-bond acceptors (Lipinski definition) is 3. The van der Waals surface area contributed by atoms with E-state index in [1.165, 1.54) is 16.8 Å². The Bertz CT molecular complexity index is 475. The van der Waals surface area contributed by atoms with Gasteiger partial charge in [-0.1, -0.05) is 0 Å². The number of pyridine rings is 1. The number of carboxylic acid groups (broad SMARTS) is 1. The molecule has 0 amide bonds. The first-order valence-electron chi connectivity index (χ1n) is 3.58. The average molecular weight is 178 g/mol. The van der Waals surface area contributed by atoms with Gasteiger partial charge in [-0.2, -0.15) is 0 Å². The molecule has 2 heterocycles. The summed E-state index contributed by atoms with van der Waals surface area (Å²) in [5.74, 6) is -1.23. The first-order valence-corrected chi connectivity index (χ1v) is 3.58. The van der Waals surface area contributed by atoms with Crippen LogP contribution in [0.15, 0.2) is 24.7 Å². The predicted molar refractivity (Wildman–Crippen MR) is 43.8 cm³/mol. The van der Waals surface area contributed by atoms with E-state index in [2.05, 4.69) is 4.98 Å². The Balaban J connectivity index is 2.86. The second kappa shape index (κ2) is 2.48. The zero-order valence-corrected chi connectivity index (χ0v) is 6.51. The Morgan fingerprint density at radius 2 is 2.31 bits per heavy atom. The molecule has 0 fully saturated rings. The van der Waals surface area contributed by atoms with Crippen LogP contribution in [-0.2, 0) is 0 Å². The number of carbonyl (C=O) groups is 1. The highest BCUT2D eigenvalue weighted by Gasteiger charge is 2.14. The highest BCUT2D eigenvalue weighted by Crippen LogP contribution is 2.20. The molecule has 2 rings (SSSR count). The van der Waals surface area contributed by atoms with E-state index in [1.54, 1.807) is 12.3 Å². The molecule has 0 bridgehead atoms. The molecule has 5 heteroatoms. The molecule has 0 spiro atoms. The molecule has 13 heavy (non-hydrogen) atoms. The van der Waals surface area contributed by atoms with Gasteiger partial charge in [-0.25, -0.2) is 9.78 Å². The number of hydrogen-bond donors (Lipinski definition) is 2. The smallest absolute Gasteiger partial charge is 0.356 e. The third kappa shape index (κ3) is 1.01. The standard InChI is InChI=1S/C8H6N2O3/c11-5-2-1-3-10-4-9-6(7(5)10)8(12)13/h1-4,11H,(H,12,13). The Morgan fingerprint density at radius 3 is 3.00 bits per heavy atom. The van der Waals surface area contributed by atoms with E-state index in [1.807, 2.05) is 0 Å². The zero-order valence-electron chi connectivity index (χ0n) is 6.51. The molecule has 5 nitrogen and oxygen atoms in total. The van der Waals surface area contributed by atoms with Crippen molar-refractivity contribution in [2.45, 2.75) is 0 Å². The molecule has 2 N–H and O–H groups in total. The van der Waals surface area contributed by atoms with Crippen molar-refractivity contribution in [1.82, 2.24) is 9.38 Å². The second-order valence-corrected chi connectivity index (χ2v) is 2.55. The van der Waals surface area contributed by atoms with Crippen molar-refractivity contribution < 1.29 is 15.0 Å². The van der Waals surface area contributed by atoms with Crippen molar-refractivity contribution in [2.75, 3.05) is 0 Å². The van der Waals surface area contributed by atoms with Crippen LogP contribution in [0.25, 0.3) is 5.52 Å². The molecule has 0 saturated carbocycles. The maximum absolute atomic E-state index is 10.6. The van der Waals surface area contributed by atoms with Crippen molar-refractivity contribution in [1.29, 1.82) is 0 Å². The molecule has 0 saturated heterocycles. The van der Waals surface area contributed by atoms with E-state index < -0.39 is 5.97 Å². The van der Waals surface area contributed by atoms with Crippen molar-refractivity contribution in [3.8, 4) is 5.75 Å². The van der Waals surface area contributed by atoms with Gasteiger partial charge in [0, 0.05) is 6.20 Å². The summed E-state index contributed by atoms with van der Waals surface area (Å²) >= 11 is 0. The lowest BCUT2D eigenvalue weighted by atomic mass is 10.3. The van der Waals surface area contributed by atoms with Gasteiger partial charge >= 0.3 is 5.97 Å². The number of rotatable bonds is 1. The van der Waals surface area contributed by atoms with Crippen molar-refractivity contribution in [3.05, 3.63) is 30.4 Å². The van der Waals surface area contributed by atoms with Crippen LogP contribution in [0.1, 0.15) is 10.5 Å². The number of aromatic hydroxyl groups is 1. The summed E-state index contributed by atoms with van der Waals surface area (Å²) in [6.45, 7) is 0. The van der Waals surface area contributed by atoms with Crippen LogP contribution in [0.3, 0.4) is 0 Å². The molecule has 66 valence electrons. The third-order valence-corrected chi connectivity index (χ3v) is 1.74. The minimum atomic E-state index is -1.15. The summed E-state index contributed by atoms with van der Waals surface area (Å²) < 4.78 is 1.46. The van der Waals surface area contributed by atoms with Gasteiger partial charge in [0.1, 0.15) is 17.6 Å². The van der Waals surface area contributed by atoms with E-state index in [0.717, 1.165) is 0 Å². The monoisotopic (exact) mass is 178 g/mol. The SMILES string of the molecule is O=C(O)c1ncn2cccc(O)c12. The lowest BCUT2D eigenvalue weighted by Crippen LogP contribution is -1.97. The van der Waals surface area contributed by atoms with Crippen LogP contribution in [0.5, 0.6) is 5.75 Å². The van der Waals surface area contributed by atoms with Gasteiger partial charge < -0.3 is 14.6 Å². The number of aromatic nitrogens is 2. The Kier molecular flexibility index (Phi) is 1.45. The van der Waals surface area contributed by atoms with Crippen molar-refractivity contribution in [2.24, 2.45) is 0 Å². The largest absolute Gasteiger partial charge is 0.506 e. The lowest BCUT2D eigenvalue weighted by molar-refractivity contribution is 0.0693. The summed E-state index contributed by atoms with van der Waals surface area (Å²) in [5.41, 5.74) is 0.0769. The second-order valence-electron chi connectivity index (χ2n) is 2.55. The first-order chi connectivity index (χ1) is 6.20. The van der Waals surface area contributed by atoms with Gasteiger partial charge in [0.2, 0.25) is 0 Å². The molecular formula is C8H6N2O3. The van der Waals surface area contributed by atoms with E-state index in [9.17, 15) is 9.90 Å². The van der Waals surface area contributed by atoms with Crippen LogP contribution >= 0.6 is 0 Å². The minimum absolute atomic E-state index is 0.0857. The van der Waals surface area contributed by atoms with Gasteiger partial charge in [0.15, 0.2) is 5.69 Å². The molecule has 2 aromatic rings. The summed E-state index contributed by atoms with van der Waals surface area (Å²) in [4.78, 5) is 14.3. The molecular weight excluding hydrogens is 172 g/mol. The van der Waals surface area contributed by atoms with Crippen LogP contribution < -0.4 is 0 Å². The Labute approximate surface area is 72.9 Å². The van der Waals surface area contributed by atoms with E-state index in [0.29, 0.717) is 0 Å². The Hall–Kier alpha value is -2.04. The molecule has 0 aliphatic heterocycles. The van der Waals surface area contributed by atoms with Crippen LogP contribution in [0.4, 0.5) is 0 Å². The molecule has 0 aliphatic rings. The lowest BCUT2D eigenvalue weighted by Gasteiger charge is -1.96. The van der Waals surface area contributed by atoms with Gasteiger partial charge in [-0.05, 0) is 12.1 Å². The maximum Gasteiger partial charge on any atom is 0.356 e.